The number of carbonyl (C=O) groups is 1. The maximum Gasteiger partial charge on any atom is 0.352 e. The zero-order valence-electron chi connectivity index (χ0n) is 12.8. The van der Waals surface area contributed by atoms with Crippen molar-refractivity contribution < 1.29 is 14.7 Å². The van der Waals surface area contributed by atoms with Crippen LogP contribution in [0.5, 0.6) is 0 Å². The number of benzene rings is 1. The van der Waals surface area contributed by atoms with Gasteiger partial charge in [-0.2, -0.15) is 0 Å². The highest BCUT2D eigenvalue weighted by molar-refractivity contribution is 5.97. The van der Waals surface area contributed by atoms with Crippen molar-refractivity contribution in [2.75, 3.05) is 7.05 Å². The van der Waals surface area contributed by atoms with Crippen molar-refractivity contribution >= 4 is 23.2 Å². The lowest BCUT2D eigenvalue weighted by molar-refractivity contribution is 0.0691. The van der Waals surface area contributed by atoms with Gasteiger partial charge in [-0.1, -0.05) is 37.3 Å². The largest absolute Gasteiger partial charge is 0.477 e. The first-order valence-corrected chi connectivity index (χ1v) is 7.24. The summed E-state index contributed by atoms with van der Waals surface area (Å²) in [4.78, 5) is 27.0. The number of nitrogens with zero attached hydrogens (tertiary/aromatic N) is 1. The number of carboxylic acid groups (broad SMARTS) is 1. The molecule has 0 bridgehead atoms. The van der Waals surface area contributed by atoms with Crippen LogP contribution in [-0.4, -0.2) is 33.9 Å². The number of hydrogen-bond donors (Lipinski definition) is 2. The number of aromatic amines is 1. The van der Waals surface area contributed by atoms with Crippen LogP contribution in [0, 0.1) is 0 Å². The summed E-state index contributed by atoms with van der Waals surface area (Å²) in [7, 11) is 1.75. The molecule has 0 radical (unpaired) electrons. The Labute approximate surface area is 133 Å². The zero-order valence-corrected chi connectivity index (χ0v) is 12.8. The third-order valence-corrected chi connectivity index (χ3v) is 4.14. The lowest BCUT2D eigenvalue weighted by Gasteiger charge is -2.27. The van der Waals surface area contributed by atoms with Gasteiger partial charge in [-0.25, -0.2) is 9.59 Å². The molecule has 1 unspecified atom stereocenters. The number of carbonyl (C=O) groups excluding carboxylic acids is 1. The van der Waals surface area contributed by atoms with E-state index in [0.29, 0.717) is 11.4 Å². The summed E-state index contributed by atoms with van der Waals surface area (Å²) in [5, 5.41) is 9.23. The van der Waals surface area contributed by atoms with E-state index in [0.717, 1.165) is 16.7 Å². The Balaban J connectivity index is 2.15. The summed E-state index contributed by atoms with van der Waals surface area (Å²) in [5.41, 5.74) is 3.67. The Bertz CT molecular complexity index is 842. The minimum absolute atomic E-state index is 0.0584. The van der Waals surface area contributed by atoms with Crippen LogP contribution >= 0.6 is 0 Å². The van der Waals surface area contributed by atoms with Crippen LogP contribution in [0.3, 0.4) is 0 Å². The Kier molecular flexibility index (Phi) is 3.64. The van der Waals surface area contributed by atoms with Crippen LogP contribution in [0.15, 0.2) is 42.6 Å². The molecule has 5 nitrogen and oxygen atoms in total. The Morgan fingerprint density at radius 3 is 2.61 bits per heavy atom. The number of allylic oxidation sites excluding steroid dienone is 1. The Morgan fingerprint density at radius 1 is 1.30 bits per heavy atom. The van der Waals surface area contributed by atoms with E-state index >= 15 is 0 Å². The molecule has 0 fully saturated rings. The van der Waals surface area contributed by atoms with Gasteiger partial charge in [-0.15, -0.1) is 0 Å². The zero-order chi connectivity index (χ0) is 16.6. The van der Waals surface area contributed by atoms with Gasteiger partial charge in [0.05, 0.1) is 5.69 Å². The lowest BCUT2D eigenvalue weighted by atomic mass is 9.86. The maximum absolute atomic E-state index is 11.3. The minimum Gasteiger partial charge on any atom is -0.477 e. The second-order valence-corrected chi connectivity index (χ2v) is 5.56. The molecule has 116 valence electrons. The summed E-state index contributed by atoms with van der Waals surface area (Å²) in [6, 6.07) is 11.5. The monoisotopic (exact) mass is 308 g/mol. The predicted molar refractivity (Wildman–Crippen MR) is 87.4 cm³/mol. The van der Waals surface area contributed by atoms with Gasteiger partial charge in [-0.05, 0) is 17.2 Å². The van der Waals surface area contributed by atoms with Crippen molar-refractivity contribution in [1.82, 2.24) is 9.88 Å². The second-order valence-electron chi connectivity index (χ2n) is 5.56. The quantitative estimate of drug-likeness (QED) is 0.855. The highest BCUT2D eigenvalue weighted by Crippen LogP contribution is 2.40. The van der Waals surface area contributed by atoms with Gasteiger partial charge in [0, 0.05) is 24.7 Å². The van der Waals surface area contributed by atoms with Crippen molar-refractivity contribution in [2.45, 2.75) is 12.8 Å². The number of H-pyrrole nitrogens is 1. The van der Waals surface area contributed by atoms with E-state index in [2.05, 4.69) is 11.9 Å². The third kappa shape index (κ3) is 2.47. The number of rotatable bonds is 3. The van der Waals surface area contributed by atoms with E-state index in [9.17, 15) is 14.7 Å². The fourth-order valence-electron chi connectivity index (χ4n) is 2.89. The standard InChI is InChI=1S/C18H16N2O3/c1-11(12-6-4-3-5-7-12)14-9-20(2)16(10-21)17-13(14)8-15(19-17)18(22)23/h3-9,11,19H,1-2H3,(H,22,23). The number of hydrogen-bond acceptors (Lipinski definition) is 3. The molecule has 5 heteroatoms. The molecule has 3 rings (SSSR count). The number of carboxylic acids is 1. The van der Waals surface area contributed by atoms with Crippen molar-refractivity contribution in [3.8, 4) is 0 Å². The Morgan fingerprint density at radius 2 is 2.00 bits per heavy atom. The Hall–Kier alpha value is -3.04. The molecule has 1 atom stereocenters. The average molecular weight is 308 g/mol. The van der Waals surface area contributed by atoms with E-state index < -0.39 is 5.97 Å². The summed E-state index contributed by atoms with van der Waals surface area (Å²) < 4.78 is 0. The third-order valence-electron chi connectivity index (χ3n) is 4.14. The normalized spacial score (nSPS) is 14.8. The number of nitrogens with one attached hydrogen (secondary N) is 1. The smallest absolute Gasteiger partial charge is 0.352 e. The van der Waals surface area contributed by atoms with E-state index in [4.69, 9.17) is 0 Å². The molecular weight excluding hydrogens is 292 g/mol. The van der Waals surface area contributed by atoms with Crippen LogP contribution in [0.4, 0.5) is 0 Å². The summed E-state index contributed by atoms with van der Waals surface area (Å²) in [6.45, 7) is 2.06. The fourth-order valence-corrected chi connectivity index (χ4v) is 2.89. The highest BCUT2D eigenvalue weighted by Gasteiger charge is 2.28. The van der Waals surface area contributed by atoms with Gasteiger partial charge < -0.3 is 15.0 Å². The first kappa shape index (κ1) is 14.9. The first-order chi connectivity index (χ1) is 11.0. The topological polar surface area (TPSA) is 73.4 Å². The van der Waals surface area contributed by atoms with Gasteiger partial charge in [0.2, 0.25) is 0 Å². The molecule has 1 aliphatic rings. The van der Waals surface area contributed by atoms with E-state index in [1.165, 1.54) is 0 Å². The van der Waals surface area contributed by atoms with Crippen molar-refractivity contribution in [1.29, 1.82) is 0 Å². The minimum atomic E-state index is -1.06. The van der Waals surface area contributed by atoms with Crippen molar-refractivity contribution in [3.05, 3.63) is 65.1 Å². The molecule has 2 heterocycles. The molecule has 2 N–H and O–H groups in total. The molecule has 0 spiro atoms. The number of aromatic carboxylic acids is 1. The number of aromatic nitrogens is 1. The number of fused-ring (bicyclic) bond motifs is 1. The SMILES string of the molecule is CC(C1=CN(C)C(=C=O)c2[nH]c(C(=O)O)cc21)c1ccccc1. The molecule has 23 heavy (non-hydrogen) atoms. The van der Waals surface area contributed by atoms with Gasteiger partial charge in [-0.3, -0.25) is 0 Å². The molecule has 0 saturated carbocycles. The van der Waals surface area contributed by atoms with Crippen molar-refractivity contribution in [3.63, 3.8) is 0 Å². The first-order valence-electron chi connectivity index (χ1n) is 7.24. The molecule has 1 aromatic heterocycles. The second kappa shape index (κ2) is 5.63. The molecule has 0 saturated heterocycles. The van der Waals surface area contributed by atoms with Crippen molar-refractivity contribution in [2.24, 2.45) is 0 Å². The molecule has 0 aliphatic carbocycles. The van der Waals surface area contributed by atoms with Gasteiger partial charge >= 0.3 is 5.97 Å². The van der Waals surface area contributed by atoms with Crippen LogP contribution in [0.25, 0.3) is 11.3 Å². The molecule has 1 aromatic carbocycles. The maximum atomic E-state index is 11.3. The van der Waals surface area contributed by atoms with Gasteiger partial charge in [0.15, 0.2) is 11.6 Å². The van der Waals surface area contributed by atoms with Crippen LogP contribution in [0.1, 0.15) is 40.2 Å². The fraction of sp³-hybridized carbons (Fsp3) is 0.167. The molecular formula is C18H16N2O3. The predicted octanol–water partition coefficient (Wildman–Crippen LogP) is 2.98. The molecule has 0 amide bonds. The summed E-state index contributed by atoms with van der Waals surface area (Å²) in [5.74, 6) is 0.887. The highest BCUT2D eigenvalue weighted by atomic mass is 16.4. The molecule has 2 aromatic rings. The van der Waals surface area contributed by atoms with Gasteiger partial charge in [0.1, 0.15) is 5.69 Å². The van der Waals surface area contributed by atoms with Gasteiger partial charge in [0.25, 0.3) is 0 Å². The summed E-state index contributed by atoms with van der Waals surface area (Å²) >= 11 is 0. The van der Waals surface area contributed by atoms with E-state index in [1.54, 1.807) is 18.0 Å². The molecule has 1 aliphatic heterocycles. The van der Waals surface area contributed by atoms with Crippen LogP contribution in [-0.2, 0) is 4.79 Å². The van der Waals surface area contributed by atoms with E-state index in [-0.39, 0.29) is 11.6 Å². The summed E-state index contributed by atoms with van der Waals surface area (Å²) in [6.07, 6.45) is 1.86. The van der Waals surface area contributed by atoms with Crippen LogP contribution < -0.4 is 0 Å². The lowest BCUT2D eigenvalue weighted by Crippen LogP contribution is -2.18. The average Bonchev–Trinajstić information content (AvgIpc) is 2.99. The van der Waals surface area contributed by atoms with E-state index in [1.807, 2.05) is 42.5 Å². The van der Waals surface area contributed by atoms with Crippen LogP contribution in [0.2, 0.25) is 0 Å².